The van der Waals surface area contributed by atoms with Crippen LogP contribution in [-0.4, -0.2) is 28.7 Å². The number of fused-ring (bicyclic) bond motifs is 1. The van der Waals surface area contributed by atoms with Gasteiger partial charge in [-0.05, 0) is 30.7 Å². The van der Waals surface area contributed by atoms with Crippen molar-refractivity contribution in [1.82, 2.24) is 14.6 Å². The van der Waals surface area contributed by atoms with E-state index >= 15 is 0 Å². The molecule has 2 aromatic carbocycles. The number of aryl methyl sites for hydroxylation is 1. The minimum absolute atomic E-state index is 0.0812. The number of hydrogen-bond donors (Lipinski definition) is 0. The van der Waals surface area contributed by atoms with Crippen LogP contribution in [0.15, 0.2) is 53.3 Å². The third-order valence-corrected chi connectivity index (χ3v) is 5.22. The Hall–Kier alpha value is -2.99. The van der Waals surface area contributed by atoms with Crippen LogP contribution in [0.25, 0.3) is 22.4 Å². The largest absolute Gasteiger partial charge is 0.378 e. The molecule has 0 atom stereocenters. The second-order valence-electron chi connectivity index (χ2n) is 6.41. The molecule has 26 heavy (non-hydrogen) atoms. The van der Waals surface area contributed by atoms with Crippen molar-refractivity contribution in [2.75, 3.05) is 19.0 Å². The molecule has 0 amide bonds. The van der Waals surface area contributed by atoms with Gasteiger partial charge in [0, 0.05) is 25.3 Å². The summed E-state index contributed by atoms with van der Waals surface area (Å²) in [6.07, 6.45) is 1.90. The molecule has 0 N–H and O–H groups in total. The molecule has 0 aliphatic rings. The molecule has 6 heteroatoms. The van der Waals surface area contributed by atoms with Crippen molar-refractivity contribution in [1.29, 1.82) is 0 Å². The Morgan fingerprint density at radius 2 is 1.69 bits per heavy atom. The van der Waals surface area contributed by atoms with Gasteiger partial charge in [-0.2, -0.15) is 0 Å². The first-order chi connectivity index (χ1) is 12.5. The van der Waals surface area contributed by atoms with E-state index in [0.717, 1.165) is 22.4 Å². The maximum absolute atomic E-state index is 12.9. The minimum atomic E-state index is -0.0812. The van der Waals surface area contributed by atoms with E-state index in [9.17, 15) is 4.79 Å². The summed E-state index contributed by atoms with van der Waals surface area (Å²) < 4.78 is 2.25. The maximum Gasteiger partial charge on any atom is 0.276 e. The number of hydrogen-bond acceptors (Lipinski definition) is 5. The first-order valence-corrected chi connectivity index (χ1v) is 9.09. The van der Waals surface area contributed by atoms with Crippen molar-refractivity contribution in [2.45, 2.75) is 6.92 Å². The summed E-state index contributed by atoms with van der Waals surface area (Å²) in [5.74, 6) is 0.587. The lowest BCUT2D eigenvalue weighted by atomic mass is 10.1. The van der Waals surface area contributed by atoms with Crippen molar-refractivity contribution >= 4 is 28.1 Å². The third kappa shape index (κ3) is 2.88. The highest BCUT2D eigenvalue weighted by Crippen LogP contribution is 2.18. The lowest BCUT2D eigenvalue weighted by molar-refractivity contribution is 1.09. The Bertz CT molecular complexity index is 1170. The number of anilines is 1. The highest BCUT2D eigenvalue weighted by molar-refractivity contribution is 7.15. The van der Waals surface area contributed by atoms with Gasteiger partial charge in [-0.3, -0.25) is 4.79 Å². The van der Waals surface area contributed by atoms with Gasteiger partial charge in [0.25, 0.3) is 5.56 Å². The Balaban J connectivity index is 1.81. The van der Waals surface area contributed by atoms with E-state index < -0.39 is 0 Å². The van der Waals surface area contributed by atoms with E-state index in [1.165, 1.54) is 11.3 Å². The highest BCUT2D eigenvalue weighted by atomic mass is 32.1. The van der Waals surface area contributed by atoms with E-state index in [-0.39, 0.29) is 5.56 Å². The SMILES string of the molecule is Cc1ccc(-c2nnc3s/c(=C\c4ccc(N(C)C)cc4)c(=O)n23)cc1. The van der Waals surface area contributed by atoms with Crippen LogP contribution in [0.5, 0.6) is 0 Å². The summed E-state index contributed by atoms with van der Waals surface area (Å²) in [5, 5.41) is 8.38. The first kappa shape index (κ1) is 16.5. The highest BCUT2D eigenvalue weighted by Gasteiger charge is 2.13. The third-order valence-electron chi connectivity index (χ3n) is 4.27. The summed E-state index contributed by atoms with van der Waals surface area (Å²) in [7, 11) is 4.00. The number of benzene rings is 2. The summed E-state index contributed by atoms with van der Waals surface area (Å²) in [6.45, 7) is 2.03. The van der Waals surface area contributed by atoms with E-state index in [1.807, 2.05) is 80.5 Å². The number of nitrogens with zero attached hydrogens (tertiary/aromatic N) is 4. The fourth-order valence-corrected chi connectivity index (χ4v) is 3.68. The Morgan fingerprint density at radius 3 is 2.35 bits per heavy atom. The predicted molar refractivity (Wildman–Crippen MR) is 107 cm³/mol. The van der Waals surface area contributed by atoms with Crippen LogP contribution < -0.4 is 15.0 Å². The lowest BCUT2D eigenvalue weighted by Crippen LogP contribution is -2.23. The molecule has 0 bridgehead atoms. The van der Waals surface area contributed by atoms with Gasteiger partial charge in [0.15, 0.2) is 5.82 Å². The fraction of sp³-hybridized carbons (Fsp3) is 0.150. The second kappa shape index (κ2) is 6.38. The molecule has 0 aliphatic carbocycles. The van der Waals surface area contributed by atoms with Crippen LogP contribution in [0.4, 0.5) is 5.69 Å². The van der Waals surface area contributed by atoms with Crippen molar-refractivity contribution < 1.29 is 0 Å². The van der Waals surface area contributed by atoms with Gasteiger partial charge >= 0.3 is 0 Å². The summed E-state index contributed by atoms with van der Waals surface area (Å²) >= 11 is 1.36. The van der Waals surface area contributed by atoms with Crippen LogP contribution in [0.2, 0.25) is 0 Å². The number of aromatic nitrogens is 3. The molecule has 2 heterocycles. The van der Waals surface area contributed by atoms with Gasteiger partial charge in [0.05, 0.1) is 4.53 Å². The average molecular weight is 362 g/mol. The molecule has 0 saturated heterocycles. The Kier molecular flexibility index (Phi) is 4.05. The topological polar surface area (TPSA) is 50.5 Å². The second-order valence-corrected chi connectivity index (χ2v) is 7.42. The van der Waals surface area contributed by atoms with Gasteiger partial charge in [-0.15, -0.1) is 10.2 Å². The quantitative estimate of drug-likeness (QED) is 0.562. The summed E-state index contributed by atoms with van der Waals surface area (Å²) in [6, 6.07) is 16.0. The zero-order valence-corrected chi connectivity index (χ0v) is 15.6. The Morgan fingerprint density at radius 1 is 1.00 bits per heavy atom. The van der Waals surface area contributed by atoms with Gasteiger partial charge in [-0.1, -0.05) is 53.3 Å². The molecule has 0 aliphatic heterocycles. The van der Waals surface area contributed by atoms with E-state index in [4.69, 9.17) is 0 Å². The molecule has 2 aromatic heterocycles. The van der Waals surface area contributed by atoms with Crippen LogP contribution in [0.1, 0.15) is 11.1 Å². The molecule has 4 rings (SSSR count). The normalized spacial score (nSPS) is 12.0. The molecular formula is C20H18N4OS. The summed E-state index contributed by atoms with van der Waals surface area (Å²) in [4.78, 5) is 15.5. The maximum atomic E-state index is 12.9. The molecule has 0 radical (unpaired) electrons. The van der Waals surface area contributed by atoms with E-state index in [2.05, 4.69) is 10.2 Å². The van der Waals surface area contributed by atoms with E-state index in [1.54, 1.807) is 4.40 Å². The molecular weight excluding hydrogens is 344 g/mol. The smallest absolute Gasteiger partial charge is 0.276 e. The van der Waals surface area contributed by atoms with Crippen LogP contribution in [0.3, 0.4) is 0 Å². The van der Waals surface area contributed by atoms with Crippen molar-refractivity contribution in [3.63, 3.8) is 0 Å². The Labute approximate surface area is 154 Å². The molecule has 130 valence electrons. The molecule has 4 aromatic rings. The average Bonchev–Trinajstić information content (AvgIpc) is 3.17. The summed E-state index contributed by atoms with van der Waals surface area (Å²) in [5.41, 5.74) is 4.08. The molecule has 5 nitrogen and oxygen atoms in total. The standard InChI is InChI=1S/C20H18N4OS/c1-13-4-8-15(9-5-13)18-21-22-20-24(18)19(25)17(26-20)12-14-6-10-16(11-7-14)23(2)3/h4-12H,1-3H3/b17-12-. The fourth-order valence-electron chi connectivity index (χ4n) is 2.77. The van der Waals surface area contributed by atoms with Crippen molar-refractivity contribution in [3.05, 3.63) is 74.5 Å². The van der Waals surface area contributed by atoms with Gasteiger partial charge in [0.2, 0.25) is 4.96 Å². The zero-order chi connectivity index (χ0) is 18.3. The lowest BCUT2D eigenvalue weighted by Gasteiger charge is -2.11. The first-order valence-electron chi connectivity index (χ1n) is 8.27. The minimum Gasteiger partial charge on any atom is -0.378 e. The molecule has 0 spiro atoms. The van der Waals surface area contributed by atoms with Crippen LogP contribution in [-0.2, 0) is 0 Å². The van der Waals surface area contributed by atoms with Crippen molar-refractivity contribution in [3.8, 4) is 11.4 Å². The van der Waals surface area contributed by atoms with E-state index in [0.29, 0.717) is 15.3 Å². The number of rotatable bonds is 3. The van der Waals surface area contributed by atoms with Crippen LogP contribution in [0, 0.1) is 6.92 Å². The number of thiazole rings is 1. The van der Waals surface area contributed by atoms with Crippen LogP contribution >= 0.6 is 11.3 Å². The predicted octanol–water partition coefficient (Wildman–Crippen LogP) is 2.74. The van der Waals surface area contributed by atoms with Gasteiger partial charge in [-0.25, -0.2) is 4.40 Å². The zero-order valence-electron chi connectivity index (χ0n) is 14.8. The molecule has 0 fully saturated rings. The molecule has 0 unspecified atom stereocenters. The molecule has 0 saturated carbocycles. The monoisotopic (exact) mass is 362 g/mol. The van der Waals surface area contributed by atoms with Gasteiger partial charge < -0.3 is 4.90 Å². The van der Waals surface area contributed by atoms with Crippen molar-refractivity contribution in [2.24, 2.45) is 0 Å². The van der Waals surface area contributed by atoms with Gasteiger partial charge in [0.1, 0.15) is 0 Å².